The summed E-state index contributed by atoms with van der Waals surface area (Å²) in [5, 5.41) is 5.66. The van der Waals surface area contributed by atoms with Crippen LogP contribution in [0.1, 0.15) is 77.5 Å². The molecule has 7 heteroatoms. The largest absolute Gasteiger partial charge is 0.444 e. The van der Waals surface area contributed by atoms with Gasteiger partial charge in [0.05, 0.1) is 5.92 Å². The number of rotatable bonds is 9. The molecule has 3 amide bonds. The monoisotopic (exact) mass is 581 g/mol. The third-order valence-electron chi connectivity index (χ3n) is 6.72. The van der Waals surface area contributed by atoms with Crippen molar-refractivity contribution < 1.29 is 19.1 Å². The van der Waals surface area contributed by atoms with Crippen LogP contribution in [0.3, 0.4) is 0 Å². The minimum atomic E-state index is -0.635. The van der Waals surface area contributed by atoms with E-state index in [1.807, 2.05) is 96.1 Å². The fraction of sp³-hybridized carbons (Fsp3) is 0.361. The van der Waals surface area contributed by atoms with Crippen LogP contribution >= 0.6 is 0 Å². The van der Waals surface area contributed by atoms with E-state index in [1.165, 1.54) is 0 Å². The molecule has 2 N–H and O–H groups in total. The molecule has 0 aliphatic rings. The summed E-state index contributed by atoms with van der Waals surface area (Å²) in [4.78, 5) is 40.6. The van der Waals surface area contributed by atoms with Crippen molar-refractivity contribution in [3.8, 4) is 11.8 Å². The van der Waals surface area contributed by atoms with Crippen LogP contribution in [0.4, 0.5) is 16.2 Å². The molecule has 0 aliphatic carbocycles. The van der Waals surface area contributed by atoms with Crippen molar-refractivity contribution in [2.24, 2.45) is 5.92 Å². The zero-order valence-corrected chi connectivity index (χ0v) is 26.2. The van der Waals surface area contributed by atoms with Crippen molar-refractivity contribution in [1.29, 1.82) is 0 Å². The molecule has 43 heavy (non-hydrogen) atoms. The van der Waals surface area contributed by atoms with Gasteiger partial charge in [-0.3, -0.25) is 14.9 Å². The first-order valence-electron chi connectivity index (χ1n) is 14.8. The van der Waals surface area contributed by atoms with Gasteiger partial charge in [-0.25, -0.2) is 4.79 Å². The number of ether oxygens (including phenoxy) is 1. The van der Waals surface area contributed by atoms with E-state index in [0.29, 0.717) is 17.9 Å². The molecule has 0 saturated carbocycles. The van der Waals surface area contributed by atoms with Crippen LogP contribution in [0, 0.1) is 17.8 Å². The van der Waals surface area contributed by atoms with Gasteiger partial charge in [0.1, 0.15) is 11.6 Å². The van der Waals surface area contributed by atoms with E-state index in [1.54, 1.807) is 36.1 Å². The molecule has 3 rings (SSSR count). The maximum atomic E-state index is 13.7. The molecule has 0 radical (unpaired) electrons. The van der Waals surface area contributed by atoms with Gasteiger partial charge in [0.25, 0.3) is 0 Å². The van der Waals surface area contributed by atoms with E-state index in [9.17, 15) is 14.4 Å². The Morgan fingerprint density at radius 2 is 1.30 bits per heavy atom. The summed E-state index contributed by atoms with van der Waals surface area (Å²) in [6, 6.07) is 23.6. The third kappa shape index (κ3) is 10.0. The molecule has 2 atom stereocenters. The lowest BCUT2D eigenvalue weighted by Crippen LogP contribution is -2.48. The van der Waals surface area contributed by atoms with Crippen LogP contribution in [0.25, 0.3) is 0 Å². The van der Waals surface area contributed by atoms with Crippen molar-refractivity contribution in [3.63, 3.8) is 0 Å². The van der Waals surface area contributed by atoms with Crippen LogP contribution in [-0.2, 0) is 14.3 Å². The first-order chi connectivity index (χ1) is 20.4. The highest BCUT2D eigenvalue weighted by atomic mass is 16.6. The molecule has 0 heterocycles. The molecular weight excluding hydrogens is 538 g/mol. The van der Waals surface area contributed by atoms with E-state index in [-0.39, 0.29) is 23.7 Å². The summed E-state index contributed by atoms with van der Waals surface area (Å²) in [5.41, 5.74) is 3.21. The second-order valence-electron chi connectivity index (χ2n) is 11.9. The molecule has 7 nitrogen and oxygen atoms in total. The van der Waals surface area contributed by atoms with Crippen LogP contribution < -0.4 is 10.6 Å². The van der Waals surface area contributed by atoms with Gasteiger partial charge in [-0.2, -0.15) is 0 Å². The van der Waals surface area contributed by atoms with Crippen LogP contribution in [0.15, 0.2) is 78.9 Å². The summed E-state index contributed by atoms with van der Waals surface area (Å²) >= 11 is 0. The van der Waals surface area contributed by atoms with Crippen molar-refractivity contribution in [3.05, 3.63) is 95.6 Å². The number of carbonyl (C=O) groups excluding carboxylic acids is 3. The van der Waals surface area contributed by atoms with Crippen molar-refractivity contribution in [2.75, 3.05) is 17.2 Å². The number of hydrogen-bond donors (Lipinski definition) is 2. The molecule has 0 fully saturated rings. The van der Waals surface area contributed by atoms with Gasteiger partial charge < -0.3 is 15.0 Å². The first-order valence-corrected chi connectivity index (χ1v) is 14.8. The summed E-state index contributed by atoms with van der Waals surface area (Å²) in [6.45, 7) is 13.8. The molecule has 0 aromatic heterocycles. The lowest BCUT2D eigenvalue weighted by Gasteiger charge is -2.33. The molecule has 0 aliphatic heterocycles. The van der Waals surface area contributed by atoms with Crippen molar-refractivity contribution >= 4 is 29.3 Å². The quantitative estimate of drug-likeness (QED) is 0.257. The predicted octanol–water partition coefficient (Wildman–Crippen LogP) is 7.44. The van der Waals surface area contributed by atoms with Gasteiger partial charge in [-0.15, -0.1) is 0 Å². The minimum Gasteiger partial charge on any atom is -0.444 e. The molecule has 0 bridgehead atoms. The van der Waals surface area contributed by atoms with E-state index >= 15 is 0 Å². The number of nitrogens with one attached hydrogen (secondary N) is 2. The number of anilines is 2. The van der Waals surface area contributed by atoms with Gasteiger partial charge in [0, 0.05) is 29.0 Å². The average molecular weight is 582 g/mol. The number of amides is 3. The normalized spacial score (nSPS) is 12.4. The molecular formula is C36H43N3O4. The Bertz CT molecular complexity index is 1430. The highest BCUT2D eigenvalue weighted by Gasteiger charge is 2.33. The van der Waals surface area contributed by atoms with Crippen molar-refractivity contribution in [1.82, 2.24) is 4.90 Å². The Morgan fingerprint density at radius 3 is 1.77 bits per heavy atom. The SMILES string of the molecule is CCCN(C(=O)C(c1ccccc1)C(C)C)C(C)C(=O)Nc1ccc(C#Cc2ccc(NC(=O)OC(C)(C)C)cc2)cc1. The number of benzene rings is 3. The van der Waals surface area contributed by atoms with Crippen LogP contribution in [0.2, 0.25) is 0 Å². The second kappa shape index (κ2) is 15.1. The van der Waals surface area contributed by atoms with Crippen molar-refractivity contribution in [2.45, 2.75) is 72.4 Å². The van der Waals surface area contributed by atoms with E-state index < -0.39 is 17.7 Å². The summed E-state index contributed by atoms with van der Waals surface area (Å²) in [5.74, 6) is 5.71. The molecule has 3 aromatic carbocycles. The molecule has 0 saturated heterocycles. The highest BCUT2D eigenvalue weighted by molar-refractivity contribution is 5.98. The Balaban J connectivity index is 1.63. The lowest BCUT2D eigenvalue weighted by atomic mass is 9.86. The number of carbonyl (C=O) groups is 3. The highest BCUT2D eigenvalue weighted by Crippen LogP contribution is 2.28. The van der Waals surface area contributed by atoms with E-state index in [0.717, 1.165) is 23.1 Å². The first kappa shape index (κ1) is 32.9. The van der Waals surface area contributed by atoms with E-state index in [2.05, 4.69) is 22.5 Å². The maximum Gasteiger partial charge on any atom is 0.412 e. The van der Waals surface area contributed by atoms with Gasteiger partial charge in [0.15, 0.2) is 0 Å². The zero-order chi connectivity index (χ0) is 31.6. The van der Waals surface area contributed by atoms with Gasteiger partial charge in [-0.1, -0.05) is 62.9 Å². The fourth-order valence-electron chi connectivity index (χ4n) is 4.62. The topological polar surface area (TPSA) is 87.7 Å². The van der Waals surface area contributed by atoms with E-state index in [4.69, 9.17) is 4.74 Å². The van der Waals surface area contributed by atoms with Crippen LogP contribution in [0.5, 0.6) is 0 Å². The molecule has 226 valence electrons. The minimum absolute atomic E-state index is 0.0371. The Morgan fingerprint density at radius 1 is 0.791 bits per heavy atom. The Hall–Kier alpha value is -4.57. The van der Waals surface area contributed by atoms with Gasteiger partial charge in [-0.05, 0) is 94.1 Å². The molecule has 3 aromatic rings. The smallest absolute Gasteiger partial charge is 0.412 e. The van der Waals surface area contributed by atoms with Gasteiger partial charge >= 0.3 is 6.09 Å². The second-order valence-corrected chi connectivity index (χ2v) is 11.9. The summed E-state index contributed by atoms with van der Waals surface area (Å²) in [7, 11) is 0. The molecule has 2 unspecified atom stereocenters. The summed E-state index contributed by atoms with van der Waals surface area (Å²) in [6.07, 6.45) is 0.240. The average Bonchev–Trinajstić information content (AvgIpc) is 2.95. The Kier molecular flexibility index (Phi) is 11.5. The number of nitrogens with zero attached hydrogens (tertiary/aromatic N) is 1. The zero-order valence-electron chi connectivity index (χ0n) is 26.2. The van der Waals surface area contributed by atoms with Gasteiger partial charge in [0.2, 0.25) is 11.8 Å². The Labute approximate surface area is 256 Å². The molecule has 0 spiro atoms. The number of hydrogen-bond acceptors (Lipinski definition) is 4. The standard InChI is InChI=1S/C36H43N3O4/c1-8-24-39(34(41)32(25(2)3)29-12-10-9-11-13-29)26(4)33(40)37-30-20-16-27(17-21-30)14-15-28-18-22-31(23-19-28)38-35(42)43-36(5,6)7/h9-13,16-23,25-26,32H,8,24H2,1-7H3,(H,37,40)(H,38,42). The third-order valence-corrected chi connectivity index (χ3v) is 6.72. The fourth-order valence-corrected chi connectivity index (χ4v) is 4.62. The predicted molar refractivity (Wildman–Crippen MR) is 173 cm³/mol. The maximum absolute atomic E-state index is 13.7. The van der Waals surface area contributed by atoms with Crippen LogP contribution in [-0.4, -0.2) is 41.0 Å². The lowest BCUT2D eigenvalue weighted by molar-refractivity contribution is -0.140. The summed E-state index contributed by atoms with van der Waals surface area (Å²) < 4.78 is 5.27.